The van der Waals surface area contributed by atoms with Gasteiger partial charge in [0.25, 0.3) is 5.91 Å². The molecule has 1 N–H and O–H groups in total. The van der Waals surface area contributed by atoms with Crippen LogP contribution >= 0.6 is 22.6 Å². The van der Waals surface area contributed by atoms with Gasteiger partial charge in [-0.15, -0.1) is 0 Å². The van der Waals surface area contributed by atoms with E-state index in [1.807, 2.05) is 54.6 Å². The average molecular weight is 563 g/mol. The number of sulfonamides is 1. The molecule has 3 aromatic rings. The molecule has 3 rings (SSSR count). The Balaban J connectivity index is 1.54. The van der Waals surface area contributed by atoms with Crippen molar-refractivity contribution in [2.24, 2.45) is 5.10 Å². The molecule has 0 spiro atoms. The van der Waals surface area contributed by atoms with Crippen LogP contribution in [0.1, 0.15) is 11.1 Å². The fourth-order valence-electron chi connectivity index (χ4n) is 2.74. The minimum atomic E-state index is -3.63. The van der Waals surface area contributed by atoms with Gasteiger partial charge in [0.15, 0.2) is 0 Å². The zero-order valence-corrected chi connectivity index (χ0v) is 20.3. The van der Waals surface area contributed by atoms with Crippen LogP contribution in [-0.2, 0) is 21.4 Å². The van der Waals surface area contributed by atoms with Crippen molar-refractivity contribution in [3.63, 3.8) is 0 Å². The second kappa shape index (κ2) is 11.1. The number of benzene rings is 3. The number of anilines is 1. The lowest BCUT2D eigenvalue weighted by Gasteiger charge is -2.21. The molecule has 0 aliphatic rings. The Hall–Kier alpha value is -2.92. The molecule has 0 aliphatic carbocycles. The molecule has 3 aromatic carbocycles. The Bertz CT molecular complexity index is 1170. The zero-order valence-electron chi connectivity index (χ0n) is 17.3. The first-order valence-corrected chi connectivity index (χ1v) is 12.6. The van der Waals surface area contributed by atoms with E-state index < -0.39 is 15.9 Å². The number of rotatable bonds is 9. The third-order valence-electron chi connectivity index (χ3n) is 4.33. The van der Waals surface area contributed by atoms with E-state index in [-0.39, 0.29) is 6.54 Å². The molecule has 0 radical (unpaired) electrons. The molecular formula is C23H22IN3O4S. The maximum absolute atomic E-state index is 12.3. The number of ether oxygens (including phenoxy) is 1. The van der Waals surface area contributed by atoms with E-state index >= 15 is 0 Å². The molecule has 0 fully saturated rings. The van der Waals surface area contributed by atoms with Gasteiger partial charge in [-0.3, -0.25) is 9.10 Å². The summed E-state index contributed by atoms with van der Waals surface area (Å²) in [5, 5.41) is 3.92. The van der Waals surface area contributed by atoms with Gasteiger partial charge in [0.05, 0.1) is 18.2 Å². The predicted molar refractivity (Wildman–Crippen MR) is 134 cm³/mol. The van der Waals surface area contributed by atoms with Crippen molar-refractivity contribution in [3.05, 3.63) is 93.6 Å². The number of hydrogen-bond donors (Lipinski definition) is 1. The molecule has 166 valence electrons. The third-order valence-corrected chi connectivity index (χ3v) is 6.19. The normalized spacial score (nSPS) is 11.3. The first kappa shape index (κ1) is 23.7. The lowest BCUT2D eigenvalue weighted by Crippen LogP contribution is -2.39. The van der Waals surface area contributed by atoms with Gasteiger partial charge >= 0.3 is 0 Å². The fourth-order valence-corrected chi connectivity index (χ4v) is 3.96. The molecule has 0 aromatic heterocycles. The van der Waals surface area contributed by atoms with Gasteiger partial charge in [0.1, 0.15) is 18.9 Å². The molecule has 0 heterocycles. The van der Waals surface area contributed by atoms with Gasteiger partial charge in [-0.1, -0.05) is 30.3 Å². The van der Waals surface area contributed by atoms with Gasteiger partial charge in [0, 0.05) is 3.57 Å². The van der Waals surface area contributed by atoms with E-state index in [4.69, 9.17) is 4.74 Å². The van der Waals surface area contributed by atoms with Crippen molar-refractivity contribution in [2.75, 3.05) is 17.1 Å². The smallest absolute Gasteiger partial charge is 0.260 e. The highest BCUT2D eigenvalue weighted by Gasteiger charge is 2.20. The highest BCUT2D eigenvalue weighted by molar-refractivity contribution is 14.1. The Labute approximate surface area is 201 Å². The first-order valence-electron chi connectivity index (χ1n) is 9.63. The summed E-state index contributed by atoms with van der Waals surface area (Å²) < 4.78 is 32.0. The van der Waals surface area contributed by atoms with Crippen LogP contribution in [0.25, 0.3) is 0 Å². The number of amides is 1. The molecule has 0 saturated heterocycles. The summed E-state index contributed by atoms with van der Waals surface area (Å²) in [6, 6.07) is 24.0. The van der Waals surface area contributed by atoms with E-state index in [9.17, 15) is 13.2 Å². The standard InChI is InChI=1S/C23H22IN3O4S/c1-32(29,30)27(21-11-9-20(24)10-12-21)16-23(28)26-25-15-18-7-13-22(14-8-18)31-17-19-5-3-2-4-6-19/h2-15H,16-17H2,1H3,(H,26,28)/b25-15-. The number of hydrogen-bond acceptors (Lipinski definition) is 5. The summed E-state index contributed by atoms with van der Waals surface area (Å²) in [4.78, 5) is 12.3. The Kier molecular flexibility index (Phi) is 8.23. The van der Waals surface area contributed by atoms with E-state index in [1.165, 1.54) is 6.21 Å². The van der Waals surface area contributed by atoms with E-state index in [0.717, 1.165) is 31.0 Å². The van der Waals surface area contributed by atoms with Crippen LogP contribution in [-0.4, -0.2) is 33.3 Å². The van der Waals surface area contributed by atoms with Gasteiger partial charge in [-0.05, 0) is 82.2 Å². The maximum Gasteiger partial charge on any atom is 0.260 e. The molecule has 1 amide bonds. The zero-order chi connectivity index (χ0) is 23.0. The second-order valence-electron chi connectivity index (χ2n) is 6.88. The highest BCUT2D eigenvalue weighted by atomic mass is 127. The lowest BCUT2D eigenvalue weighted by molar-refractivity contribution is -0.119. The SMILES string of the molecule is CS(=O)(=O)N(CC(=O)N/N=C\c1ccc(OCc2ccccc2)cc1)c1ccc(I)cc1. The number of halogens is 1. The minimum absolute atomic E-state index is 0.372. The van der Waals surface area contributed by atoms with Crippen molar-refractivity contribution in [1.29, 1.82) is 0 Å². The Morgan fingerprint density at radius 1 is 1.03 bits per heavy atom. The maximum atomic E-state index is 12.3. The number of nitrogens with one attached hydrogen (secondary N) is 1. The summed E-state index contributed by atoms with van der Waals surface area (Å²) >= 11 is 2.12. The molecule has 0 aliphatic heterocycles. The first-order chi connectivity index (χ1) is 15.3. The van der Waals surface area contributed by atoms with E-state index in [2.05, 4.69) is 33.1 Å². The van der Waals surface area contributed by atoms with Crippen LogP contribution in [0.4, 0.5) is 5.69 Å². The van der Waals surface area contributed by atoms with Crippen LogP contribution in [0.3, 0.4) is 0 Å². The highest BCUT2D eigenvalue weighted by Crippen LogP contribution is 2.19. The summed E-state index contributed by atoms with van der Waals surface area (Å²) in [5.41, 5.74) is 4.62. The number of carbonyl (C=O) groups excluding carboxylic acids is 1. The molecule has 0 atom stereocenters. The molecule has 9 heteroatoms. The minimum Gasteiger partial charge on any atom is -0.489 e. The van der Waals surface area contributed by atoms with Gasteiger partial charge in [-0.2, -0.15) is 5.10 Å². The number of nitrogens with zero attached hydrogens (tertiary/aromatic N) is 2. The van der Waals surface area contributed by atoms with Crippen molar-refractivity contribution in [3.8, 4) is 5.75 Å². The summed E-state index contributed by atoms with van der Waals surface area (Å²) in [6.45, 7) is 0.102. The van der Waals surface area contributed by atoms with Gasteiger partial charge in [0.2, 0.25) is 10.0 Å². The second-order valence-corrected chi connectivity index (χ2v) is 10.0. The topological polar surface area (TPSA) is 88.1 Å². The van der Waals surface area contributed by atoms with Crippen LogP contribution in [0.15, 0.2) is 84.0 Å². The van der Waals surface area contributed by atoms with E-state index in [1.54, 1.807) is 24.3 Å². The predicted octanol–water partition coefficient (Wildman–Crippen LogP) is 3.79. The van der Waals surface area contributed by atoms with Crippen LogP contribution in [0, 0.1) is 3.57 Å². The summed E-state index contributed by atoms with van der Waals surface area (Å²) in [6.07, 6.45) is 2.54. The van der Waals surface area contributed by atoms with Crippen LogP contribution < -0.4 is 14.5 Å². The number of hydrazone groups is 1. The fraction of sp³-hybridized carbons (Fsp3) is 0.130. The monoisotopic (exact) mass is 563 g/mol. The molecule has 0 bridgehead atoms. The summed E-state index contributed by atoms with van der Waals surface area (Å²) in [7, 11) is -3.63. The molecule has 7 nitrogen and oxygen atoms in total. The largest absolute Gasteiger partial charge is 0.489 e. The average Bonchev–Trinajstić information content (AvgIpc) is 2.78. The van der Waals surface area contributed by atoms with Gasteiger partial charge < -0.3 is 4.74 Å². The van der Waals surface area contributed by atoms with Crippen molar-refractivity contribution < 1.29 is 17.9 Å². The van der Waals surface area contributed by atoms with E-state index in [0.29, 0.717) is 12.3 Å². The lowest BCUT2D eigenvalue weighted by atomic mass is 10.2. The quantitative estimate of drug-likeness (QED) is 0.244. The molecule has 0 saturated carbocycles. The third kappa shape index (κ3) is 7.34. The van der Waals surface area contributed by atoms with Crippen molar-refractivity contribution in [2.45, 2.75) is 6.61 Å². The Morgan fingerprint density at radius 3 is 2.31 bits per heavy atom. The molecular weight excluding hydrogens is 541 g/mol. The molecule has 0 unspecified atom stereocenters. The number of carbonyl (C=O) groups is 1. The van der Waals surface area contributed by atoms with Crippen molar-refractivity contribution in [1.82, 2.24) is 5.43 Å². The Morgan fingerprint density at radius 2 is 1.69 bits per heavy atom. The van der Waals surface area contributed by atoms with Crippen LogP contribution in [0.2, 0.25) is 0 Å². The van der Waals surface area contributed by atoms with Crippen LogP contribution in [0.5, 0.6) is 5.75 Å². The van der Waals surface area contributed by atoms with Crippen molar-refractivity contribution >= 4 is 50.4 Å². The van der Waals surface area contributed by atoms with Gasteiger partial charge in [-0.25, -0.2) is 13.8 Å². The summed E-state index contributed by atoms with van der Waals surface area (Å²) in [5.74, 6) is 0.171. The molecule has 32 heavy (non-hydrogen) atoms.